The molecule has 0 aliphatic rings. The summed E-state index contributed by atoms with van der Waals surface area (Å²) in [6, 6.07) is 0. The summed E-state index contributed by atoms with van der Waals surface area (Å²) < 4.78 is 1.02. The topological polar surface area (TPSA) is 0 Å². The van der Waals surface area contributed by atoms with Crippen LogP contribution >= 0.6 is 24.8 Å². The molecule has 9 heavy (non-hydrogen) atoms. The highest BCUT2D eigenvalue weighted by Gasteiger charge is 2.11. The molecule has 2 heteroatoms. The monoisotopic (exact) mass is 158 g/mol. The van der Waals surface area contributed by atoms with Gasteiger partial charge in [-0.15, -0.1) is 12.6 Å². The van der Waals surface area contributed by atoms with Crippen LogP contribution in [0.2, 0.25) is 0 Å². The highest BCUT2D eigenvalue weighted by atomic mass is 32.1. The van der Waals surface area contributed by atoms with Gasteiger partial charge in [0.15, 0.2) is 0 Å². The van der Waals surface area contributed by atoms with E-state index < -0.39 is 0 Å². The number of hydrogen-bond acceptors (Lipinski definition) is 2. The van der Waals surface area contributed by atoms with Crippen LogP contribution < -0.4 is 0 Å². The molecule has 0 aromatic heterocycles. The van der Waals surface area contributed by atoms with E-state index in [2.05, 4.69) is 19.6 Å². The van der Waals surface area contributed by atoms with Gasteiger partial charge in [-0.05, 0) is 18.4 Å². The molecule has 0 amide bonds. The van der Waals surface area contributed by atoms with E-state index >= 15 is 0 Å². The Kier molecular flexibility index (Phi) is 2.30. The average molecular weight is 158 g/mol. The molecular weight excluding hydrogens is 148 g/mol. The van der Waals surface area contributed by atoms with Gasteiger partial charge in [0, 0.05) is 4.90 Å². The zero-order chi connectivity index (χ0) is 6.85. The van der Waals surface area contributed by atoms with Gasteiger partial charge in [-0.25, -0.2) is 0 Å². The minimum atomic E-state index is 1.02. The average Bonchev–Trinajstić information content (AvgIpc) is 2.39. The van der Waals surface area contributed by atoms with E-state index in [1.807, 2.05) is 0 Å². The summed E-state index contributed by atoms with van der Waals surface area (Å²) in [5, 5.41) is 0. The van der Waals surface area contributed by atoms with E-state index in [-0.39, 0.29) is 0 Å². The molecule has 0 N–H and O–H groups in total. The molecule has 0 nitrogen and oxygen atoms in total. The van der Waals surface area contributed by atoms with Gasteiger partial charge in [-0.2, -0.15) is 0 Å². The molecule has 0 bridgehead atoms. The van der Waals surface area contributed by atoms with Crippen molar-refractivity contribution in [2.75, 3.05) is 0 Å². The summed E-state index contributed by atoms with van der Waals surface area (Å²) in [7, 11) is 0. The van der Waals surface area contributed by atoms with Crippen molar-refractivity contribution in [3.63, 3.8) is 0 Å². The van der Waals surface area contributed by atoms with Crippen LogP contribution in [0.4, 0.5) is 0 Å². The van der Waals surface area contributed by atoms with Crippen LogP contribution in [0.1, 0.15) is 25.3 Å². The van der Waals surface area contributed by atoms with Gasteiger partial charge in [-0.3, -0.25) is 0 Å². The summed E-state index contributed by atoms with van der Waals surface area (Å²) in [6.45, 7) is 2.18. The van der Waals surface area contributed by atoms with Crippen LogP contribution in [-0.4, -0.2) is 0 Å². The Labute approximate surface area is 66.4 Å². The molecule has 1 aromatic rings. The predicted molar refractivity (Wildman–Crippen MR) is 45.5 cm³/mol. The standard InChI is InChI=1S/C7H10S2/c1-2-3-4-5-6(8)7(5)9/h8H,2-4H2,1H3. The van der Waals surface area contributed by atoms with Gasteiger partial charge in [0.25, 0.3) is 0 Å². The highest BCUT2D eigenvalue weighted by molar-refractivity contribution is 7.81. The molecular formula is C7H10S2. The molecule has 0 aliphatic heterocycles. The van der Waals surface area contributed by atoms with Crippen LogP contribution in [0.25, 0.3) is 0 Å². The lowest BCUT2D eigenvalue weighted by molar-refractivity contribution is 0.801. The number of hydrogen-bond donors (Lipinski definition) is 1. The molecule has 0 spiro atoms. The third-order valence-electron chi connectivity index (χ3n) is 1.49. The normalized spacial score (nSPS) is 10.9. The van der Waals surface area contributed by atoms with Crippen LogP contribution in [0.15, 0.2) is 4.90 Å². The minimum Gasteiger partial charge on any atom is -0.142 e. The van der Waals surface area contributed by atoms with Gasteiger partial charge in [0.2, 0.25) is 0 Å². The molecule has 1 rings (SSSR count). The molecule has 0 heterocycles. The predicted octanol–water partition coefficient (Wildman–Crippen LogP) is 2.92. The Morgan fingerprint density at radius 3 is 2.44 bits per heavy atom. The van der Waals surface area contributed by atoms with Crippen LogP contribution in [0, 0.1) is 4.51 Å². The first-order valence-electron chi connectivity index (χ1n) is 3.24. The lowest BCUT2D eigenvalue weighted by Crippen LogP contribution is -1.72. The largest absolute Gasteiger partial charge is 0.142 e. The Morgan fingerprint density at radius 1 is 1.56 bits per heavy atom. The van der Waals surface area contributed by atoms with Crippen LogP contribution in [0.5, 0.6) is 0 Å². The van der Waals surface area contributed by atoms with Gasteiger partial charge in [0.1, 0.15) is 0 Å². The minimum absolute atomic E-state index is 1.02. The van der Waals surface area contributed by atoms with Gasteiger partial charge >= 0.3 is 0 Å². The SMILES string of the molecule is CCCCc1c(S)c1=S. The van der Waals surface area contributed by atoms with Gasteiger partial charge < -0.3 is 0 Å². The molecule has 0 saturated heterocycles. The van der Waals surface area contributed by atoms with Crippen molar-refractivity contribution in [2.45, 2.75) is 31.1 Å². The number of thiol groups is 1. The second-order valence-electron chi connectivity index (χ2n) is 2.26. The zero-order valence-electron chi connectivity index (χ0n) is 5.48. The van der Waals surface area contributed by atoms with Crippen molar-refractivity contribution < 1.29 is 0 Å². The second kappa shape index (κ2) is 2.84. The fourth-order valence-corrected chi connectivity index (χ4v) is 1.44. The summed E-state index contributed by atoms with van der Waals surface area (Å²) >= 11 is 9.13. The zero-order valence-corrected chi connectivity index (χ0v) is 7.19. The van der Waals surface area contributed by atoms with E-state index in [9.17, 15) is 0 Å². The van der Waals surface area contributed by atoms with E-state index in [1.54, 1.807) is 0 Å². The molecule has 0 aliphatic carbocycles. The molecule has 0 saturated carbocycles. The van der Waals surface area contributed by atoms with Gasteiger partial charge in [-0.1, -0.05) is 25.6 Å². The van der Waals surface area contributed by atoms with Gasteiger partial charge in [0.05, 0.1) is 4.51 Å². The summed E-state index contributed by atoms with van der Waals surface area (Å²) in [4.78, 5) is 1.08. The molecule has 50 valence electrons. The molecule has 0 unspecified atom stereocenters. The molecule has 1 aromatic carbocycles. The third-order valence-corrected chi connectivity index (χ3v) is 2.59. The maximum Gasteiger partial charge on any atom is 0.0557 e. The lowest BCUT2D eigenvalue weighted by Gasteiger charge is -1.85. The maximum absolute atomic E-state index is 4.96. The Morgan fingerprint density at radius 2 is 2.11 bits per heavy atom. The summed E-state index contributed by atoms with van der Waals surface area (Å²) in [6.07, 6.45) is 3.64. The summed E-state index contributed by atoms with van der Waals surface area (Å²) in [5.41, 5.74) is 1.33. The molecule has 0 radical (unpaired) electrons. The van der Waals surface area contributed by atoms with E-state index in [0.717, 1.165) is 15.8 Å². The first-order valence-corrected chi connectivity index (χ1v) is 4.09. The second-order valence-corrected chi connectivity index (χ2v) is 3.12. The Balaban J connectivity index is 2.33. The van der Waals surface area contributed by atoms with Crippen molar-refractivity contribution in [3.8, 4) is 0 Å². The van der Waals surface area contributed by atoms with E-state index in [4.69, 9.17) is 12.2 Å². The third kappa shape index (κ3) is 1.55. The first-order chi connectivity index (χ1) is 4.27. The van der Waals surface area contributed by atoms with Crippen molar-refractivity contribution in [3.05, 3.63) is 10.1 Å². The fraction of sp³-hybridized carbons (Fsp3) is 0.571. The lowest BCUT2D eigenvalue weighted by atomic mass is 10.2. The van der Waals surface area contributed by atoms with Crippen LogP contribution in [0.3, 0.4) is 0 Å². The van der Waals surface area contributed by atoms with Crippen molar-refractivity contribution >= 4 is 24.8 Å². The molecule has 0 atom stereocenters. The smallest absolute Gasteiger partial charge is 0.0557 e. The highest BCUT2D eigenvalue weighted by Crippen LogP contribution is 2.29. The summed E-state index contributed by atoms with van der Waals surface area (Å²) in [5.74, 6) is 0. The van der Waals surface area contributed by atoms with Crippen LogP contribution in [-0.2, 0) is 6.42 Å². The Bertz CT molecular complexity index is 206. The Hall–Kier alpha value is 0.180. The maximum atomic E-state index is 4.96. The first kappa shape index (κ1) is 7.29. The fourth-order valence-electron chi connectivity index (χ4n) is 0.782. The van der Waals surface area contributed by atoms with Crippen molar-refractivity contribution in [2.24, 2.45) is 0 Å². The quantitative estimate of drug-likeness (QED) is 0.521. The number of unbranched alkanes of at least 4 members (excludes halogenated alkanes) is 1. The number of rotatable bonds is 3. The van der Waals surface area contributed by atoms with E-state index in [0.29, 0.717) is 0 Å². The van der Waals surface area contributed by atoms with E-state index in [1.165, 1.54) is 18.4 Å². The molecule has 0 fully saturated rings. The van der Waals surface area contributed by atoms with Crippen molar-refractivity contribution in [1.82, 2.24) is 0 Å². The van der Waals surface area contributed by atoms with Crippen molar-refractivity contribution in [1.29, 1.82) is 0 Å².